The van der Waals surface area contributed by atoms with Crippen LogP contribution in [-0.2, 0) is 28.7 Å². The van der Waals surface area contributed by atoms with Crippen molar-refractivity contribution in [1.29, 1.82) is 0 Å². The lowest BCUT2D eigenvalue weighted by Gasteiger charge is -2.26. The van der Waals surface area contributed by atoms with Gasteiger partial charge < -0.3 is 24.8 Å². The summed E-state index contributed by atoms with van der Waals surface area (Å²) in [7, 11) is 0. The fraction of sp³-hybridized carbons (Fsp3) is 0.714. The average molecular weight is 334 g/mol. The van der Waals surface area contributed by atoms with E-state index in [1.165, 1.54) is 27.7 Å². The molecule has 0 spiro atoms. The Morgan fingerprint density at radius 1 is 0.870 bits per heavy atom. The molecular formula is C14H22O9. The van der Waals surface area contributed by atoms with Crippen LogP contribution >= 0.6 is 0 Å². The highest BCUT2D eigenvalue weighted by molar-refractivity contribution is 5.82. The van der Waals surface area contributed by atoms with E-state index in [1.54, 1.807) is 0 Å². The molecule has 0 radical (unpaired) electrons. The highest BCUT2D eigenvalue weighted by Crippen LogP contribution is 2.18. The Hall–Kier alpha value is -2.16. The zero-order valence-electron chi connectivity index (χ0n) is 13.5. The highest BCUT2D eigenvalue weighted by Gasteiger charge is 2.32. The highest BCUT2D eigenvalue weighted by atomic mass is 16.6. The van der Waals surface area contributed by atoms with Gasteiger partial charge in [-0.25, -0.2) is 4.79 Å². The summed E-state index contributed by atoms with van der Waals surface area (Å²) in [5.74, 6) is -4.49. The SMILES string of the molecule is CC(C)(CC(=O)O)OC(=O)CC(O)C(=O)OC(C)(C)CC(=O)O. The molecule has 0 aliphatic heterocycles. The molecule has 0 fully saturated rings. The first-order valence-corrected chi connectivity index (χ1v) is 6.80. The summed E-state index contributed by atoms with van der Waals surface area (Å²) < 4.78 is 9.72. The van der Waals surface area contributed by atoms with Gasteiger partial charge in [-0.1, -0.05) is 0 Å². The van der Waals surface area contributed by atoms with Crippen LogP contribution in [0.25, 0.3) is 0 Å². The molecule has 0 heterocycles. The summed E-state index contributed by atoms with van der Waals surface area (Å²) in [4.78, 5) is 44.5. The van der Waals surface area contributed by atoms with Gasteiger partial charge in [0.25, 0.3) is 0 Å². The lowest BCUT2D eigenvalue weighted by molar-refractivity contribution is -0.176. The molecular weight excluding hydrogens is 312 g/mol. The minimum Gasteiger partial charge on any atom is -0.481 e. The maximum absolute atomic E-state index is 11.7. The molecule has 9 heteroatoms. The number of esters is 2. The summed E-state index contributed by atoms with van der Waals surface area (Å²) in [5, 5.41) is 27.0. The normalized spacial score (nSPS) is 13.1. The van der Waals surface area contributed by atoms with Gasteiger partial charge in [0.15, 0.2) is 6.10 Å². The summed E-state index contributed by atoms with van der Waals surface area (Å²) in [6.45, 7) is 5.44. The van der Waals surface area contributed by atoms with Gasteiger partial charge in [0.2, 0.25) is 0 Å². The summed E-state index contributed by atoms with van der Waals surface area (Å²) in [6, 6.07) is 0. The molecule has 0 amide bonds. The van der Waals surface area contributed by atoms with Gasteiger partial charge in [-0.15, -0.1) is 0 Å². The number of ether oxygens (including phenoxy) is 2. The van der Waals surface area contributed by atoms with E-state index < -0.39 is 60.4 Å². The minimum absolute atomic E-state index is 0.440. The van der Waals surface area contributed by atoms with E-state index in [2.05, 4.69) is 0 Å². The van der Waals surface area contributed by atoms with Gasteiger partial charge in [0, 0.05) is 0 Å². The Kier molecular flexibility index (Phi) is 7.17. The van der Waals surface area contributed by atoms with Crippen molar-refractivity contribution < 1.29 is 44.0 Å². The van der Waals surface area contributed by atoms with Crippen molar-refractivity contribution in [3.05, 3.63) is 0 Å². The van der Waals surface area contributed by atoms with Crippen molar-refractivity contribution in [1.82, 2.24) is 0 Å². The van der Waals surface area contributed by atoms with E-state index in [1.807, 2.05) is 0 Å². The number of carbonyl (C=O) groups excluding carboxylic acids is 2. The summed E-state index contributed by atoms with van der Waals surface area (Å²) in [6.07, 6.45) is -3.48. The van der Waals surface area contributed by atoms with Gasteiger partial charge in [-0.05, 0) is 27.7 Å². The molecule has 132 valence electrons. The predicted molar refractivity (Wildman–Crippen MR) is 75.5 cm³/mol. The van der Waals surface area contributed by atoms with Gasteiger partial charge in [-0.2, -0.15) is 0 Å². The molecule has 0 aromatic heterocycles. The third kappa shape index (κ3) is 9.46. The van der Waals surface area contributed by atoms with Crippen molar-refractivity contribution in [2.75, 3.05) is 0 Å². The van der Waals surface area contributed by atoms with Crippen molar-refractivity contribution in [3.63, 3.8) is 0 Å². The third-order valence-electron chi connectivity index (χ3n) is 2.55. The van der Waals surface area contributed by atoms with E-state index in [0.717, 1.165) is 0 Å². The van der Waals surface area contributed by atoms with Crippen LogP contribution in [0.1, 0.15) is 47.0 Å². The van der Waals surface area contributed by atoms with Crippen LogP contribution in [0.15, 0.2) is 0 Å². The number of hydrogen-bond acceptors (Lipinski definition) is 7. The van der Waals surface area contributed by atoms with Crippen LogP contribution in [0, 0.1) is 0 Å². The summed E-state index contributed by atoms with van der Waals surface area (Å²) in [5.41, 5.74) is -2.65. The molecule has 0 aliphatic carbocycles. The first kappa shape index (κ1) is 20.8. The fourth-order valence-corrected chi connectivity index (χ4v) is 1.73. The van der Waals surface area contributed by atoms with Crippen LogP contribution in [0.5, 0.6) is 0 Å². The fourth-order valence-electron chi connectivity index (χ4n) is 1.73. The molecule has 0 aliphatic rings. The van der Waals surface area contributed by atoms with E-state index in [4.69, 9.17) is 19.7 Å². The third-order valence-corrected chi connectivity index (χ3v) is 2.55. The maximum atomic E-state index is 11.7. The van der Waals surface area contributed by atoms with Gasteiger partial charge in [-0.3, -0.25) is 14.4 Å². The van der Waals surface area contributed by atoms with Crippen molar-refractivity contribution in [2.24, 2.45) is 0 Å². The number of hydrogen-bond donors (Lipinski definition) is 3. The van der Waals surface area contributed by atoms with Crippen LogP contribution < -0.4 is 0 Å². The van der Waals surface area contributed by atoms with Crippen molar-refractivity contribution >= 4 is 23.9 Å². The molecule has 9 nitrogen and oxygen atoms in total. The number of carbonyl (C=O) groups is 4. The predicted octanol–water partition coefficient (Wildman–Crippen LogP) is 0.330. The van der Waals surface area contributed by atoms with Crippen molar-refractivity contribution in [3.8, 4) is 0 Å². The molecule has 0 saturated carbocycles. The Balaban J connectivity index is 4.55. The largest absolute Gasteiger partial charge is 0.481 e. The number of carboxylic acids is 2. The number of aliphatic carboxylic acids is 2. The monoisotopic (exact) mass is 334 g/mol. The van der Waals surface area contributed by atoms with Gasteiger partial charge in [0.1, 0.15) is 11.2 Å². The first-order chi connectivity index (χ1) is 10.2. The van der Waals surface area contributed by atoms with Gasteiger partial charge >= 0.3 is 23.9 Å². The zero-order valence-corrected chi connectivity index (χ0v) is 13.5. The molecule has 3 N–H and O–H groups in total. The molecule has 0 saturated heterocycles. The second-order valence-corrected chi connectivity index (χ2v) is 6.28. The lowest BCUT2D eigenvalue weighted by Crippen LogP contribution is -2.38. The molecule has 1 atom stereocenters. The molecule has 23 heavy (non-hydrogen) atoms. The molecule has 0 rings (SSSR count). The van der Waals surface area contributed by atoms with E-state index in [0.29, 0.717) is 0 Å². The first-order valence-electron chi connectivity index (χ1n) is 6.80. The van der Waals surface area contributed by atoms with Crippen LogP contribution in [0.3, 0.4) is 0 Å². The van der Waals surface area contributed by atoms with Gasteiger partial charge in [0.05, 0.1) is 19.3 Å². The van der Waals surface area contributed by atoms with Crippen LogP contribution in [-0.4, -0.2) is 56.5 Å². The number of carboxylic acid groups (broad SMARTS) is 2. The van der Waals surface area contributed by atoms with E-state index in [9.17, 15) is 24.3 Å². The second kappa shape index (κ2) is 7.91. The number of aliphatic hydroxyl groups excluding tert-OH is 1. The number of rotatable bonds is 9. The topological polar surface area (TPSA) is 147 Å². The number of aliphatic hydroxyl groups is 1. The smallest absolute Gasteiger partial charge is 0.336 e. The quantitative estimate of drug-likeness (QED) is 0.507. The van der Waals surface area contributed by atoms with E-state index >= 15 is 0 Å². The summed E-state index contributed by atoms with van der Waals surface area (Å²) >= 11 is 0. The lowest BCUT2D eigenvalue weighted by atomic mass is 10.0. The Morgan fingerprint density at radius 3 is 1.65 bits per heavy atom. The average Bonchev–Trinajstić information content (AvgIpc) is 2.22. The zero-order chi connectivity index (χ0) is 18.4. The maximum Gasteiger partial charge on any atom is 0.336 e. The second-order valence-electron chi connectivity index (χ2n) is 6.28. The van der Waals surface area contributed by atoms with Crippen LogP contribution in [0.2, 0.25) is 0 Å². The Bertz CT molecular complexity index is 479. The standard InChI is InChI=1S/C14H22O9/c1-13(2,6-9(16)17)22-11(20)5-8(15)12(21)23-14(3,4)7-10(18)19/h8,15H,5-7H2,1-4H3,(H,16,17)(H,18,19). The molecule has 1 unspecified atom stereocenters. The molecule has 0 aromatic carbocycles. The van der Waals surface area contributed by atoms with Crippen LogP contribution in [0.4, 0.5) is 0 Å². The minimum atomic E-state index is -1.84. The molecule has 0 bridgehead atoms. The van der Waals surface area contributed by atoms with E-state index in [-0.39, 0.29) is 0 Å². The Morgan fingerprint density at radius 2 is 1.26 bits per heavy atom. The Labute approximate surface area is 133 Å². The molecule has 0 aromatic rings. The van der Waals surface area contributed by atoms with Crippen molar-refractivity contribution in [2.45, 2.75) is 64.3 Å².